The number of benzene rings is 2. The van der Waals surface area contributed by atoms with E-state index < -0.39 is 0 Å². The summed E-state index contributed by atoms with van der Waals surface area (Å²) in [5.41, 5.74) is 4.42. The van der Waals surface area contributed by atoms with Gasteiger partial charge in [0.05, 0.1) is 17.9 Å². The van der Waals surface area contributed by atoms with Crippen LogP contribution >= 0.6 is 11.3 Å². The maximum absolute atomic E-state index is 12.7. The number of nitrogens with one attached hydrogen (secondary N) is 1. The molecule has 0 saturated heterocycles. The lowest BCUT2D eigenvalue weighted by Gasteiger charge is -2.21. The molecule has 1 aliphatic heterocycles. The lowest BCUT2D eigenvalue weighted by Crippen LogP contribution is -2.33. The van der Waals surface area contributed by atoms with Crippen LogP contribution in [0.5, 0.6) is 5.75 Å². The maximum Gasteiger partial charge on any atom is 0.261 e. The molecule has 2 heterocycles. The van der Waals surface area contributed by atoms with Gasteiger partial charge in [-0.25, -0.2) is 4.98 Å². The first-order valence-electron chi connectivity index (χ1n) is 10.9. The average Bonchev–Trinajstić information content (AvgIpc) is 3.45. The molecule has 6 nitrogen and oxygen atoms in total. The lowest BCUT2D eigenvalue weighted by atomic mass is 10.1. The van der Waals surface area contributed by atoms with E-state index in [0.717, 1.165) is 41.9 Å². The minimum absolute atomic E-state index is 0.0261. The van der Waals surface area contributed by atoms with Gasteiger partial charge < -0.3 is 9.64 Å². The van der Waals surface area contributed by atoms with Crippen molar-refractivity contribution in [3.8, 4) is 17.0 Å². The highest BCUT2D eigenvalue weighted by Crippen LogP contribution is 2.34. The van der Waals surface area contributed by atoms with E-state index in [1.165, 1.54) is 11.3 Å². The van der Waals surface area contributed by atoms with E-state index in [4.69, 9.17) is 4.74 Å². The van der Waals surface area contributed by atoms with E-state index in [1.54, 1.807) is 12.1 Å². The van der Waals surface area contributed by atoms with E-state index in [1.807, 2.05) is 55.3 Å². The van der Waals surface area contributed by atoms with Gasteiger partial charge in [-0.1, -0.05) is 32.0 Å². The average molecular weight is 450 g/mol. The minimum atomic E-state index is -0.247. The summed E-state index contributed by atoms with van der Waals surface area (Å²) in [7, 11) is 0. The molecule has 2 aromatic carbocycles. The van der Waals surface area contributed by atoms with Gasteiger partial charge in [0.15, 0.2) is 5.13 Å². The van der Waals surface area contributed by atoms with Gasteiger partial charge >= 0.3 is 0 Å². The Labute approximate surface area is 192 Å². The maximum atomic E-state index is 12.7. The molecule has 1 N–H and O–H groups in total. The first-order chi connectivity index (χ1) is 15.5. The predicted molar refractivity (Wildman–Crippen MR) is 129 cm³/mol. The summed E-state index contributed by atoms with van der Waals surface area (Å²) in [6.07, 6.45) is 1.68. The summed E-state index contributed by atoms with van der Waals surface area (Å²) in [5, 5.41) is 5.34. The number of aromatic nitrogens is 1. The van der Waals surface area contributed by atoms with Gasteiger partial charge in [-0.3, -0.25) is 14.9 Å². The second-order valence-corrected chi connectivity index (χ2v) is 8.67. The monoisotopic (exact) mass is 449 g/mol. The SMILES string of the molecule is CCOc1ccccc1C(=O)Nc1nc(-c2ccc3c(c2)CCN3C(=O)[C@@H](C)CC)cs1. The van der Waals surface area contributed by atoms with Crippen molar-refractivity contribution < 1.29 is 14.3 Å². The quantitative estimate of drug-likeness (QED) is 0.524. The van der Waals surface area contributed by atoms with E-state index >= 15 is 0 Å². The fourth-order valence-electron chi connectivity index (χ4n) is 3.79. The molecule has 166 valence electrons. The molecule has 1 aromatic heterocycles. The first-order valence-corrected chi connectivity index (χ1v) is 11.8. The normalized spacial score (nSPS) is 13.5. The standard InChI is InChI=1S/C25H27N3O3S/c1-4-16(3)24(30)28-13-12-18-14-17(10-11-21(18)28)20-15-32-25(26-20)27-23(29)19-8-6-7-9-22(19)31-5-2/h6-11,14-16H,4-5,12-13H2,1-3H3,(H,26,27,29)/t16-/m0/s1. The van der Waals surface area contributed by atoms with Crippen molar-refractivity contribution in [2.45, 2.75) is 33.6 Å². The Kier molecular flexibility index (Phi) is 6.55. The summed E-state index contributed by atoms with van der Waals surface area (Å²) in [6.45, 7) is 7.12. The molecule has 1 atom stereocenters. The number of ether oxygens (including phenoxy) is 1. The van der Waals surface area contributed by atoms with Gasteiger partial charge in [0.1, 0.15) is 5.75 Å². The van der Waals surface area contributed by atoms with E-state index in [-0.39, 0.29) is 17.7 Å². The number of rotatable bonds is 7. The molecule has 0 fully saturated rings. The lowest BCUT2D eigenvalue weighted by molar-refractivity contribution is -0.121. The Morgan fingerprint density at radius 3 is 2.81 bits per heavy atom. The van der Waals surface area contributed by atoms with Crippen molar-refractivity contribution in [3.63, 3.8) is 0 Å². The zero-order valence-corrected chi connectivity index (χ0v) is 19.4. The Morgan fingerprint density at radius 2 is 2.03 bits per heavy atom. The number of carbonyl (C=O) groups excluding carboxylic acids is 2. The summed E-state index contributed by atoms with van der Waals surface area (Å²) in [6, 6.07) is 13.3. The Hall–Kier alpha value is -3.19. The third-order valence-electron chi connectivity index (χ3n) is 5.73. The largest absolute Gasteiger partial charge is 0.493 e. The van der Waals surface area contributed by atoms with Crippen molar-refractivity contribution >= 4 is 34.0 Å². The zero-order chi connectivity index (χ0) is 22.7. The van der Waals surface area contributed by atoms with Crippen LogP contribution in [0.25, 0.3) is 11.3 Å². The molecule has 0 spiro atoms. The second kappa shape index (κ2) is 9.53. The van der Waals surface area contributed by atoms with Crippen LogP contribution in [0.15, 0.2) is 47.8 Å². The third kappa shape index (κ3) is 4.39. The van der Waals surface area contributed by atoms with Crippen LogP contribution < -0.4 is 15.0 Å². The van der Waals surface area contributed by atoms with Crippen LogP contribution in [0.2, 0.25) is 0 Å². The molecule has 0 radical (unpaired) electrons. The highest BCUT2D eigenvalue weighted by molar-refractivity contribution is 7.14. The second-order valence-electron chi connectivity index (χ2n) is 7.81. The van der Waals surface area contributed by atoms with Crippen LogP contribution in [0, 0.1) is 5.92 Å². The molecular weight excluding hydrogens is 422 g/mol. The Balaban J connectivity index is 1.50. The van der Waals surface area contributed by atoms with Gasteiger partial charge in [0.2, 0.25) is 5.91 Å². The van der Waals surface area contributed by atoms with Crippen molar-refractivity contribution in [1.82, 2.24) is 4.98 Å². The molecule has 0 aliphatic carbocycles. The van der Waals surface area contributed by atoms with Crippen molar-refractivity contribution in [1.29, 1.82) is 0 Å². The summed E-state index contributed by atoms with van der Waals surface area (Å²) in [4.78, 5) is 31.9. The highest BCUT2D eigenvalue weighted by atomic mass is 32.1. The Bertz CT molecular complexity index is 1140. The van der Waals surface area contributed by atoms with Crippen LogP contribution in [0.4, 0.5) is 10.8 Å². The first kappa shape index (κ1) is 22.0. The smallest absolute Gasteiger partial charge is 0.261 e. The number of hydrogen-bond donors (Lipinski definition) is 1. The van der Waals surface area contributed by atoms with Crippen LogP contribution in [0.1, 0.15) is 43.1 Å². The molecule has 0 saturated carbocycles. The van der Waals surface area contributed by atoms with Crippen molar-refractivity contribution in [3.05, 3.63) is 59.0 Å². The van der Waals surface area contributed by atoms with Gasteiger partial charge in [-0.2, -0.15) is 0 Å². The molecular formula is C25H27N3O3S. The number of thiazole rings is 1. The third-order valence-corrected chi connectivity index (χ3v) is 6.48. The summed E-state index contributed by atoms with van der Waals surface area (Å²) >= 11 is 1.38. The van der Waals surface area contributed by atoms with Gasteiger partial charge in [0.25, 0.3) is 5.91 Å². The van der Waals surface area contributed by atoms with E-state index in [0.29, 0.717) is 23.1 Å². The molecule has 7 heteroatoms. The van der Waals surface area contributed by atoms with Gasteiger partial charge in [0, 0.05) is 29.1 Å². The number of hydrogen-bond acceptors (Lipinski definition) is 5. The Morgan fingerprint density at radius 1 is 1.22 bits per heavy atom. The number of anilines is 2. The van der Waals surface area contributed by atoms with Gasteiger partial charge in [-0.15, -0.1) is 11.3 Å². The molecule has 1 aliphatic rings. The number of nitrogens with zero attached hydrogens (tertiary/aromatic N) is 2. The molecule has 0 bridgehead atoms. The topological polar surface area (TPSA) is 71.5 Å². The summed E-state index contributed by atoms with van der Waals surface area (Å²) < 4.78 is 5.55. The van der Waals surface area contributed by atoms with Crippen molar-refractivity contribution in [2.24, 2.45) is 5.92 Å². The number of fused-ring (bicyclic) bond motifs is 1. The highest BCUT2D eigenvalue weighted by Gasteiger charge is 2.27. The minimum Gasteiger partial charge on any atom is -0.493 e. The fourth-order valence-corrected chi connectivity index (χ4v) is 4.51. The van der Waals surface area contributed by atoms with E-state index in [2.05, 4.69) is 16.4 Å². The zero-order valence-electron chi connectivity index (χ0n) is 18.6. The van der Waals surface area contributed by atoms with Crippen molar-refractivity contribution in [2.75, 3.05) is 23.4 Å². The molecule has 2 amide bonds. The molecule has 32 heavy (non-hydrogen) atoms. The molecule has 3 aromatic rings. The van der Waals surface area contributed by atoms with Crippen LogP contribution in [-0.4, -0.2) is 29.9 Å². The fraction of sp³-hybridized carbons (Fsp3) is 0.320. The molecule has 4 rings (SSSR count). The number of amides is 2. The predicted octanol–water partition coefficient (Wildman–Crippen LogP) is 5.40. The number of para-hydroxylation sites is 1. The molecule has 0 unspecified atom stereocenters. The summed E-state index contributed by atoms with van der Waals surface area (Å²) in [5.74, 6) is 0.519. The van der Waals surface area contributed by atoms with Crippen LogP contribution in [0.3, 0.4) is 0 Å². The van der Waals surface area contributed by atoms with Crippen LogP contribution in [-0.2, 0) is 11.2 Å². The van der Waals surface area contributed by atoms with E-state index in [9.17, 15) is 9.59 Å². The number of carbonyl (C=O) groups is 2. The van der Waals surface area contributed by atoms with Gasteiger partial charge in [-0.05, 0) is 49.6 Å².